The first kappa shape index (κ1) is 9.45. The van der Waals surface area contributed by atoms with Gasteiger partial charge >= 0.3 is 0 Å². The lowest BCUT2D eigenvalue weighted by molar-refractivity contribution is 0.476. The van der Waals surface area contributed by atoms with Crippen LogP contribution in [0.3, 0.4) is 0 Å². The monoisotopic (exact) mass is 393 g/mol. The second-order valence-electron chi connectivity index (χ2n) is 2.59. The van der Waals surface area contributed by atoms with Gasteiger partial charge in [-0.15, -0.1) is 0 Å². The van der Waals surface area contributed by atoms with Gasteiger partial charge in [0.05, 0.1) is 3.57 Å². The maximum atomic E-state index is 9.71. The van der Waals surface area contributed by atoms with Crippen molar-refractivity contribution in [2.75, 3.05) is 0 Å². The quantitative estimate of drug-likeness (QED) is 0.698. The predicted octanol–water partition coefficient (Wildman–Crippen LogP) is 3.15. The summed E-state index contributed by atoms with van der Waals surface area (Å²) in [5, 5.41) is 10.7. The molecule has 66 valence electrons. The molecule has 4 heteroatoms. The largest absolute Gasteiger partial charge is 0.505 e. The molecule has 0 bridgehead atoms. The first-order valence-corrected chi connectivity index (χ1v) is 5.77. The molecule has 13 heavy (non-hydrogen) atoms. The SMILES string of the molecule is Oc1c([123I])cc(I)c2cccnc12. The molecule has 0 amide bonds. The summed E-state index contributed by atoms with van der Waals surface area (Å²) in [7, 11) is 0. The Balaban J connectivity index is 2.97. The standard InChI is InChI=1S/C9H5I2NO/c10-6-4-7(11)9(13)8-5(6)2-1-3-12-8/h1-4,13H/i11-4. The Morgan fingerprint density at radius 3 is 3.00 bits per heavy atom. The van der Waals surface area contributed by atoms with E-state index in [1.807, 2.05) is 18.2 Å². The molecule has 0 spiro atoms. The summed E-state index contributed by atoms with van der Waals surface area (Å²) in [5.41, 5.74) is 0.679. The van der Waals surface area contributed by atoms with Crippen molar-refractivity contribution < 1.29 is 5.11 Å². The fourth-order valence-electron chi connectivity index (χ4n) is 1.16. The molecule has 0 saturated carbocycles. The first-order valence-electron chi connectivity index (χ1n) is 3.62. The van der Waals surface area contributed by atoms with Crippen molar-refractivity contribution in [3.05, 3.63) is 31.5 Å². The maximum Gasteiger partial charge on any atom is 0.155 e. The van der Waals surface area contributed by atoms with Crippen molar-refractivity contribution in [1.29, 1.82) is 0 Å². The Morgan fingerprint density at radius 1 is 1.46 bits per heavy atom. The number of aromatic hydroxyl groups is 1. The highest BCUT2D eigenvalue weighted by atomic mass is 127. The summed E-state index contributed by atoms with van der Waals surface area (Å²) >= 11 is 4.35. The number of hydrogen-bond donors (Lipinski definition) is 1. The van der Waals surface area contributed by atoms with Gasteiger partial charge in [-0.2, -0.15) is 0 Å². The van der Waals surface area contributed by atoms with Crippen LogP contribution in [0, 0.1) is 7.14 Å². The zero-order valence-corrected chi connectivity index (χ0v) is 10.8. The zero-order valence-electron chi connectivity index (χ0n) is 6.46. The molecular formula is C9H5I2NO. The Bertz CT molecular complexity index is 470. The normalized spacial score (nSPS) is 10.6. The number of fused-ring (bicyclic) bond motifs is 1. The average molecular weight is 393 g/mol. The molecule has 2 aromatic rings. The second kappa shape index (κ2) is 3.56. The molecule has 1 aromatic heterocycles. The molecule has 0 saturated heterocycles. The van der Waals surface area contributed by atoms with Crippen molar-refractivity contribution in [2.24, 2.45) is 0 Å². The number of phenols is 1. The van der Waals surface area contributed by atoms with Crippen molar-refractivity contribution in [1.82, 2.24) is 4.98 Å². The van der Waals surface area contributed by atoms with Crippen LogP contribution in [0.25, 0.3) is 10.9 Å². The van der Waals surface area contributed by atoms with Gasteiger partial charge in [0.1, 0.15) is 5.52 Å². The molecule has 1 heterocycles. The van der Waals surface area contributed by atoms with E-state index in [1.54, 1.807) is 6.20 Å². The minimum atomic E-state index is 0.275. The molecule has 2 rings (SSSR count). The molecule has 2 nitrogen and oxygen atoms in total. The fourth-order valence-corrected chi connectivity index (χ4v) is 3.07. The van der Waals surface area contributed by atoms with Crippen molar-refractivity contribution in [3.63, 3.8) is 0 Å². The summed E-state index contributed by atoms with van der Waals surface area (Å²) in [6.45, 7) is 0. The zero-order chi connectivity index (χ0) is 9.42. The van der Waals surface area contributed by atoms with Crippen LogP contribution in [0.5, 0.6) is 5.75 Å². The number of pyridine rings is 1. The van der Waals surface area contributed by atoms with Crippen molar-refractivity contribution in [3.8, 4) is 5.75 Å². The first-order chi connectivity index (χ1) is 6.20. The van der Waals surface area contributed by atoms with Gasteiger partial charge in [0.2, 0.25) is 0 Å². The molecule has 0 radical (unpaired) electrons. The lowest BCUT2D eigenvalue weighted by atomic mass is 10.2. The third kappa shape index (κ3) is 1.61. The average Bonchev–Trinajstić information content (AvgIpc) is 2.15. The van der Waals surface area contributed by atoms with Gasteiger partial charge in [-0.3, -0.25) is 4.98 Å². The molecule has 0 aliphatic carbocycles. The van der Waals surface area contributed by atoms with Crippen molar-refractivity contribution >= 4 is 56.1 Å². The predicted molar refractivity (Wildman–Crippen MR) is 68.8 cm³/mol. The summed E-state index contributed by atoms with van der Waals surface area (Å²) < 4.78 is 1.95. The molecule has 1 aromatic carbocycles. The topological polar surface area (TPSA) is 33.1 Å². The molecule has 0 atom stereocenters. The van der Waals surface area contributed by atoms with Crippen LogP contribution >= 0.6 is 45.2 Å². The smallest absolute Gasteiger partial charge is 0.155 e. The number of nitrogens with zero attached hydrogens (tertiary/aromatic N) is 1. The van der Waals surface area contributed by atoms with Gasteiger partial charge in [0, 0.05) is 15.2 Å². The highest BCUT2D eigenvalue weighted by molar-refractivity contribution is 14.1. The molecule has 0 aliphatic heterocycles. The lowest BCUT2D eigenvalue weighted by Gasteiger charge is -2.03. The van der Waals surface area contributed by atoms with Crippen LogP contribution in [0.4, 0.5) is 0 Å². The van der Waals surface area contributed by atoms with E-state index < -0.39 is 0 Å². The van der Waals surface area contributed by atoms with E-state index >= 15 is 0 Å². The number of hydrogen-bond acceptors (Lipinski definition) is 2. The Hall–Kier alpha value is -0.110. The van der Waals surface area contributed by atoms with Crippen LogP contribution in [-0.4, -0.2) is 10.1 Å². The minimum Gasteiger partial charge on any atom is -0.505 e. The van der Waals surface area contributed by atoms with Crippen LogP contribution in [-0.2, 0) is 0 Å². The Morgan fingerprint density at radius 2 is 2.23 bits per heavy atom. The van der Waals surface area contributed by atoms with Gasteiger partial charge in [0.15, 0.2) is 5.75 Å². The van der Waals surface area contributed by atoms with Gasteiger partial charge in [0.25, 0.3) is 0 Å². The molecule has 0 fully saturated rings. The molecule has 0 aliphatic rings. The van der Waals surface area contributed by atoms with Gasteiger partial charge in [-0.1, -0.05) is 6.07 Å². The van der Waals surface area contributed by atoms with Gasteiger partial charge < -0.3 is 5.11 Å². The van der Waals surface area contributed by atoms with E-state index in [0.717, 1.165) is 12.5 Å². The van der Waals surface area contributed by atoms with Crippen LogP contribution in [0.2, 0.25) is 0 Å². The highest BCUT2D eigenvalue weighted by Gasteiger charge is 2.07. The summed E-state index contributed by atoms with van der Waals surface area (Å²) in [6.07, 6.45) is 1.69. The summed E-state index contributed by atoms with van der Waals surface area (Å²) in [5.74, 6) is 0.275. The summed E-state index contributed by atoms with van der Waals surface area (Å²) in [6, 6.07) is 5.77. The van der Waals surface area contributed by atoms with E-state index in [0.29, 0.717) is 5.52 Å². The lowest BCUT2D eigenvalue weighted by Crippen LogP contribution is -1.85. The summed E-state index contributed by atoms with van der Waals surface area (Å²) in [4.78, 5) is 4.14. The Labute approximate surface area is 103 Å². The van der Waals surface area contributed by atoms with E-state index in [-0.39, 0.29) is 5.75 Å². The number of benzene rings is 1. The number of phenolic OH excluding ortho intramolecular Hbond substituents is 1. The van der Waals surface area contributed by atoms with Crippen LogP contribution in [0.15, 0.2) is 24.4 Å². The van der Waals surface area contributed by atoms with E-state index in [4.69, 9.17) is 0 Å². The van der Waals surface area contributed by atoms with Gasteiger partial charge in [-0.25, -0.2) is 0 Å². The number of aromatic nitrogens is 1. The molecule has 0 unspecified atom stereocenters. The number of rotatable bonds is 0. The number of halogens is 2. The van der Waals surface area contributed by atoms with Crippen LogP contribution in [0.1, 0.15) is 0 Å². The third-order valence-electron chi connectivity index (χ3n) is 1.77. The van der Waals surface area contributed by atoms with Crippen molar-refractivity contribution in [2.45, 2.75) is 0 Å². The molecule has 1 N–H and O–H groups in total. The van der Waals surface area contributed by atoms with Crippen LogP contribution < -0.4 is 0 Å². The third-order valence-corrected chi connectivity index (χ3v) is 3.48. The second-order valence-corrected chi connectivity index (χ2v) is 4.91. The van der Waals surface area contributed by atoms with Gasteiger partial charge in [-0.05, 0) is 57.3 Å². The maximum absolute atomic E-state index is 9.71. The minimum absolute atomic E-state index is 0.275. The highest BCUT2D eigenvalue weighted by Crippen LogP contribution is 2.31. The fraction of sp³-hybridized carbons (Fsp3) is 0. The van der Waals surface area contributed by atoms with E-state index in [9.17, 15) is 5.11 Å². The van der Waals surface area contributed by atoms with E-state index in [1.165, 1.54) is 0 Å². The Kier molecular flexibility index (Phi) is 2.59. The molecular weight excluding hydrogens is 388 g/mol. The van der Waals surface area contributed by atoms with E-state index in [2.05, 4.69) is 50.2 Å².